The van der Waals surface area contributed by atoms with Crippen molar-refractivity contribution in [3.63, 3.8) is 0 Å². The fourth-order valence-corrected chi connectivity index (χ4v) is 6.85. The number of carbonyl (C=O) groups is 2. The second-order valence-electron chi connectivity index (χ2n) is 8.91. The highest BCUT2D eigenvalue weighted by Gasteiger charge is 2.69. The maximum atomic E-state index is 13.0. The van der Waals surface area contributed by atoms with Gasteiger partial charge in [0.2, 0.25) is 0 Å². The number of epoxide rings is 1. The number of Topliss-reactive ketones (excluding diaryl/α,β-unsaturated/α-hetero) is 2. The first-order valence-corrected chi connectivity index (χ1v) is 12.8. The summed E-state index contributed by atoms with van der Waals surface area (Å²) >= 11 is 0. The SMILES string of the molecule is C[Si](C)(C)C1CCC(CC23OC2C(=O)c2ccccc2C3=O)CC1. The second kappa shape index (κ2) is 5.37. The van der Waals surface area contributed by atoms with E-state index >= 15 is 0 Å². The molecule has 0 N–H and O–H groups in total. The van der Waals surface area contributed by atoms with Gasteiger partial charge in [0.05, 0.1) is 0 Å². The van der Waals surface area contributed by atoms with Gasteiger partial charge >= 0.3 is 0 Å². The van der Waals surface area contributed by atoms with Gasteiger partial charge in [0, 0.05) is 19.2 Å². The molecule has 1 aliphatic heterocycles. The molecule has 1 aromatic rings. The number of ketones is 2. The van der Waals surface area contributed by atoms with Gasteiger partial charge in [-0.25, -0.2) is 0 Å². The Balaban J connectivity index is 1.49. The molecule has 0 amide bonds. The Morgan fingerprint density at radius 3 is 2.29 bits per heavy atom. The van der Waals surface area contributed by atoms with Crippen LogP contribution in [-0.2, 0) is 4.74 Å². The van der Waals surface area contributed by atoms with Crippen LogP contribution >= 0.6 is 0 Å². The number of ether oxygens (including phenoxy) is 1. The summed E-state index contributed by atoms with van der Waals surface area (Å²) in [4.78, 5) is 25.5. The zero-order chi connectivity index (χ0) is 17.1. The van der Waals surface area contributed by atoms with Crippen LogP contribution in [0.1, 0.15) is 52.8 Å². The van der Waals surface area contributed by atoms with Gasteiger partial charge in [-0.3, -0.25) is 9.59 Å². The Morgan fingerprint density at radius 1 is 1.04 bits per heavy atom. The number of hydrogen-bond donors (Lipinski definition) is 0. The normalized spacial score (nSPS) is 35.4. The van der Waals surface area contributed by atoms with Crippen LogP contribution in [0.2, 0.25) is 25.2 Å². The van der Waals surface area contributed by atoms with Gasteiger partial charge in [-0.05, 0) is 17.9 Å². The molecule has 2 aliphatic carbocycles. The van der Waals surface area contributed by atoms with Crippen LogP contribution in [0.4, 0.5) is 0 Å². The second-order valence-corrected chi connectivity index (χ2v) is 14.5. The van der Waals surface area contributed by atoms with Crippen molar-refractivity contribution in [2.24, 2.45) is 5.92 Å². The third-order valence-electron chi connectivity index (χ3n) is 6.42. The van der Waals surface area contributed by atoms with E-state index in [1.54, 1.807) is 12.1 Å². The van der Waals surface area contributed by atoms with Crippen molar-refractivity contribution in [1.29, 1.82) is 0 Å². The largest absolute Gasteiger partial charge is 0.349 e. The molecule has 128 valence electrons. The van der Waals surface area contributed by atoms with E-state index < -0.39 is 19.8 Å². The summed E-state index contributed by atoms with van der Waals surface area (Å²) in [5, 5.41) is 0. The molecule has 0 bridgehead atoms. The summed E-state index contributed by atoms with van der Waals surface area (Å²) in [6.07, 6.45) is 5.12. The molecule has 4 heteroatoms. The van der Waals surface area contributed by atoms with Gasteiger partial charge in [0.1, 0.15) is 0 Å². The molecular weight excluding hydrogens is 316 g/mol. The molecular formula is C20H26O3Si. The van der Waals surface area contributed by atoms with E-state index in [2.05, 4.69) is 19.6 Å². The van der Waals surface area contributed by atoms with E-state index in [1.165, 1.54) is 25.7 Å². The minimum atomic E-state index is -1.07. The smallest absolute Gasteiger partial charge is 0.198 e. The lowest BCUT2D eigenvalue weighted by molar-refractivity contribution is 0.0824. The molecule has 1 aromatic carbocycles. The quantitative estimate of drug-likeness (QED) is 0.600. The Hall–Kier alpha value is -1.26. The Bertz CT molecular complexity index is 697. The molecule has 2 atom stereocenters. The van der Waals surface area contributed by atoms with E-state index in [9.17, 15) is 9.59 Å². The number of hydrogen-bond acceptors (Lipinski definition) is 3. The van der Waals surface area contributed by atoms with E-state index in [0.29, 0.717) is 17.0 Å². The predicted molar refractivity (Wildman–Crippen MR) is 96.4 cm³/mol. The van der Waals surface area contributed by atoms with Crippen LogP contribution in [0.3, 0.4) is 0 Å². The van der Waals surface area contributed by atoms with Crippen molar-refractivity contribution in [3.8, 4) is 0 Å². The van der Waals surface area contributed by atoms with Gasteiger partial charge in [-0.2, -0.15) is 0 Å². The summed E-state index contributed by atoms with van der Waals surface area (Å²) in [6.45, 7) is 7.37. The third-order valence-corrected chi connectivity index (χ3v) is 9.44. The highest BCUT2D eigenvalue weighted by molar-refractivity contribution is 6.77. The fourth-order valence-electron chi connectivity index (χ4n) is 4.79. The van der Waals surface area contributed by atoms with Crippen molar-refractivity contribution in [1.82, 2.24) is 0 Å². The van der Waals surface area contributed by atoms with Gasteiger partial charge in [-0.15, -0.1) is 0 Å². The molecule has 0 aromatic heterocycles. The van der Waals surface area contributed by atoms with Crippen LogP contribution in [0, 0.1) is 5.92 Å². The lowest BCUT2D eigenvalue weighted by Gasteiger charge is -2.36. The Labute approximate surface area is 144 Å². The molecule has 3 aliphatic rings. The molecule has 1 heterocycles. The molecule has 0 radical (unpaired) electrons. The van der Waals surface area contributed by atoms with Crippen LogP contribution in [0.25, 0.3) is 0 Å². The van der Waals surface area contributed by atoms with Gasteiger partial charge in [-0.1, -0.05) is 69.6 Å². The number of carbonyl (C=O) groups excluding carboxylic acids is 2. The Morgan fingerprint density at radius 2 is 1.67 bits per heavy atom. The van der Waals surface area contributed by atoms with Crippen LogP contribution < -0.4 is 0 Å². The molecule has 3 nitrogen and oxygen atoms in total. The fraction of sp³-hybridized carbons (Fsp3) is 0.600. The van der Waals surface area contributed by atoms with Gasteiger partial charge in [0.25, 0.3) is 0 Å². The topological polar surface area (TPSA) is 46.7 Å². The van der Waals surface area contributed by atoms with Gasteiger partial charge in [0.15, 0.2) is 23.3 Å². The van der Waals surface area contributed by atoms with Crippen molar-refractivity contribution in [2.75, 3.05) is 0 Å². The highest BCUT2D eigenvalue weighted by Crippen LogP contribution is 2.52. The predicted octanol–water partition coefficient (Wildman–Crippen LogP) is 4.49. The minimum absolute atomic E-state index is 0.000912. The Kier molecular flexibility index (Phi) is 3.63. The van der Waals surface area contributed by atoms with E-state index in [0.717, 1.165) is 12.0 Å². The number of fused-ring (bicyclic) bond motifs is 2. The third kappa shape index (κ3) is 2.42. The first-order valence-electron chi connectivity index (χ1n) is 9.19. The van der Waals surface area contributed by atoms with Crippen LogP contribution in [0.5, 0.6) is 0 Å². The molecule has 1 saturated heterocycles. The number of rotatable bonds is 3. The van der Waals surface area contributed by atoms with E-state index in [-0.39, 0.29) is 11.6 Å². The summed E-state index contributed by atoms with van der Waals surface area (Å²) in [5.74, 6) is 0.556. The first kappa shape index (κ1) is 16.2. The minimum Gasteiger partial charge on any atom is -0.349 e. The molecule has 4 rings (SSSR count). The summed E-state index contributed by atoms with van der Waals surface area (Å²) in [5.41, 5.74) is 1.17. The summed E-state index contributed by atoms with van der Waals surface area (Å²) in [6, 6.07) is 7.17. The average Bonchev–Trinajstić information content (AvgIpc) is 3.28. The standard InChI is InChI=1S/C20H26O3Si/c1-24(2,3)14-10-8-13(9-11-14)12-20-18(22)16-7-5-4-6-15(16)17(21)19(20)23-20/h4-7,13-14,19H,8-12H2,1-3H3. The van der Waals surface area contributed by atoms with Gasteiger partial charge < -0.3 is 4.74 Å². The zero-order valence-corrected chi connectivity index (χ0v) is 15.8. The maximum Gasteiger partial charge on any atom is 0.198 e. The monoisotopic (exact) mass is 342 g/mol. The first-order chi connectivity index (χ1) is 11.3. The van der Waals surface area contributed by atoms with Crippen LogP contribution in [-0.4, -0.2) is 31.3 Å². The van der Waals surface area contributed by atoms with Crippen molar-refractivity contribution in [2.45, 2.75) is 69.0 Å². The lowest BCUT2D eigenvalue weighted by atomic mass is 9.74. The summed E-state index contributed by atoms with van der Waals surface area (Å²) in [7, 11) is -1.07. The molecule has 1 saturated carbocycles. The van der Waals surface area contributed by atoms with E-state index in [1.807, 2.05) is 12.1 Å². The molecule has 2 unspecified atom stereocenters. The van der Waals surface area contributed by atoms with Crippen molar-refractivity contribution < 1.29 is 14.3 Å². The highest BCUT2D eigenvalue weighted by atomic mass is 28.3. The van der Waals surface area contributed by atoms with Crippen molar-refractivity contribution in [3.05, 3.63) is 35.4 Å². The average molecular weight is 343 g/mol. The number of benzene rings is 1. The molecule has 0 spiro atoms. The zero-order valence-electron chi connectivity index (χ0n) is 14.8. The molecule has 24 heavy (non-hydrogen) atoms. The van der Waals surface area contributed by atoms with E-state index in [4.69, 9.17) is 4.74 Å². The maximum absolute atomic E-state index is 13.0. The summed E-state index contributed by atoms with van der Waals surface area (Å²) < 4.78 is 5.78. The lowest BCUT2D eigenvalue weighted by Crippen LogP contribution is -2.39. The van der Waals surface area contributed by atoms with Crippen LogP contribution in [0.15, 0.2) is 24.3 Å². The molecule has 2 fully saturated rings. The van der Waals surface area contributed by atoms with Crippen molar-refractivity contribution >= 4 is 19.6 Å².